The minimum Gasteiger partial charge on any atom is -0.469 e. The third-order valence-electron chi connectivity index (χ3n) is 2.92. The van der Waals surface area contributed by atoms with E-state index in [0.29, 0.717) is 5.75 Å². The van der Waals surface area contributed by atoms with E-state index in [4.69, 9.17) is 0 Å². The average molecular weight is 374 g/mol. The number of rotatable bonds is 6. The molecule has 0 saturated heterocycles. The molecule has 6 heteroatoms. The van der Waals surface area contributed by atoms with Gasteiger partial charge in [-0.25, -0.2) is 0 Å². The molecule has 0 aliphatic rings. The van der Waals surface area contributed by atoms with Gasteiger partial charge in [-0.2, -0.15) is 0 Å². The van der Waals surface area contributed by atoms with Crippen molar-refractivity contribution in [2.75, 3.05) is 12.9 Å². The number of hydrogen-bond donors (Lipinski definition) is 1. The van der Waals surface area contributed by atoms with E-state index in [1.54, 1.807) is 6.92 Å². The monoisotopic (exact) mass is 373 g/mol. The number of thioether (sulfide) groups is 1. The molecular weight excluding hydrogens is 354 g/mol. The van der Waals surface area contributed by atoms with E-state index >= 15 is 0 Å². The van der Waals surface area contributed by atoms with Gasteiger partial charge in [-0.3, -0.25) is 9.59 Å². The van der Waals surface area contributed by atoms with Gasteiger partial charge in [0.1, 0.15) is 0 Å². The van der Waals surface area contributed by atoms with Crippen LogP contribution in [0.2, 0.25) is 0 Å². The Morgan fingerprint density at radius 2 is 2.00 bits per heavy atom. The number of halogens is 1. The molecule has 4 nitrogen and oxygen atoms in total. The van der Waals surface area contributed by atoms with Gasteiger partial charge in [0.25, 0.3) is 0 Å². The molecule has 1 amide bonds. The predicted molar refractivity (Wildman–Crippen MR) is 88.6 cm³/mol. The molecule has 21 heavy (non-hydrogen) atoms. The minimum absolute atomic E-state index is 0.0867. The number of carbonyl (C=O) groups excluding carboxylic acids is 2. The van der Waals surface area contributed by atoms with Crippen molar-refractivity contribution in [3.05, 3.63) is 27.7 Å². The average Bonchev–Trinajstić information content (AvgIpc) is 2.41. The van der Waals surface area contributed by atoms with Gasteiger partial charge in [-0.15, -0.1) is 11.8 Å². The van der Waals surface area contributed by atoms with Crippen molar-refractivity contribution in [3.8, 4) is 0 Å². The Hall–Kier alpha value is -1.01. The Morgan fingerprint density at radius 3 is 2.62 bits per heavy atom. The second-order valence-electron chi connectivity index (χ2n) is 4.90. The van der Waals surface area contributed by atoms with E-state index in [2.05, 4.69) is 38.1 Å². The SMILES string of the molecule is COC(=O)CC(C)NC(=O)CSc1cc(C)c(Br)cc1C. The first-order valence-electron chi connectivity index (χ1n) is 6.59. The number of aryl methyl sites for hydroxylation is 2. The molecule has 0 bridgehead atoms. The zero-order valence-corrected chi connectivity index (χ0v) is 15.1. The largest absolute Gasteiger partial charge is 0.469 e. The minimum atomic E-state index is -0.324. The molecule has 0 fully saturated rings. The highest BCUT2D eigenvalue weighted by molar-refractivity contribution is 9.10. The van der Waals surface area contributed by atoms with E-state index in [0.717, 1.165) is 20.5 Å². The molecule has 1 aromatic rings. The van der Waals surface area contributed by atoms with Crippen molar-refractivity contribution < 1.29 is 14.3 Å². The fourth-order valence-electron chi connectivity index (χ4n) is 1.75. The van der Waals surface area contributed by atoms with Crippen molar-refractivity contribution >= 4 is 39.6 Å². The van der Waals surface area contributed by atoms with Crippen LogP contribution in [-0.4, -0.2) is 30.8 Å². The zero-order valence-electron chi connectivity index (χ0n) is 12.7. The Labute approximate surface area is 138 Å². The van der Waals surface area contributed by atoms with Gasteiger partial charge in [0.15, 0.2) is 0 Å². The quantitative estimate of drug-likeness (QED) is 0.614. The first-order chi connectivity index (χ1) is 9.83. The molecule has 1 N–H and O–H groups in total. The predicted octanol–water partition coefficient (Wildman–Crippen LogP) is 3.23. The van der Waals surface area contributed by atoms with Crippen LogP contribution < -0.4 is 5.32 Å². The summed E-state index contributed by atoms with van der Waals surface area (Å²) in [4.78, 5) is 24.1. The molecule has 0 heterocycles. The number of carbonyl (C=O) groups is 2. The third kappa shape index (κ3) is 6.09. The van der Waals surface area contributed by atoms with Gasteiger partial charge in [-0.1, -0.05) is 15.9 Å². The highest BCUT2D eigenvalue weighted by Gasteiger charge is 2.13. The molecular formula is C15H20BrNO3S. The Balaban J connectivity index is 2.50. The van der Waals surface area contributed by atoms with Gasteiger partial charge >= 0.3 is 5.97 Å². The Morgan fingerprint density at radius 1 is 1.33 bits per heavy atom. The Kier molecular flexibility index (Phi) is 7.25. The van der Waals surface area contributed by atoms with Crippen molar-refractivity contribution in [3.63, 3.8) is 0 Å². The number of esters is 1. The highest BCUT2D eigenvalue weighted by atomic mass is 79.9. The summed E-state index contributed by atoms with van der Waals surface area (Å²) < 4.78 is 5.64. The van der Waals surface area contributed by atoms with Crippen molar-refractivity contribution in [1.29, 1.82) is 0 Å². The van der Waals surface area contributed by atoms with Gasteiger partial charge in [-0.05, 0) is 44.0 Å². The maximum Gasteiger partial charge on any atom is 0.307 e. The number of benzene rings is 1. The van der Waals surface area contributed by atoms with Crippen molar-refractivity contribution in [2.24, 2.45) is 0 Å². The lowest BCUT2D eigenvalue weighted by Gasteiger charge is -2.13. The first kappa shape index (κ1) is 18.0. The molecule has 0 spiro atoms. The third-order valence-corrected chi connectivity index (χ3v) is 4.93. The summed E-state index contributed by atoms with van der Waals surface area (Å²) in [7, 11) is 1.34. The lowest BCUT2D eigenvalue weighted by molar-refractivity contribution is -0.141. The van der Waals surface area contributed by atoms with E-state index in [1.807, 2.05) is 13.8 Å². The lowest BCUT2D eigenvalue weighted by Crippen LogP contribution is -2.35. The molecule has 0 aliphatic carbocycles. The van der Waals surface area contributed by atoms with Crippen LogP contribution in [0.3, 0.4) is 0 Å². The van der Waals surface area contributed by atoms with Gasteiger partial charge in [0.2, 0.25) is 5.91 Å². The molecule has 116 valence electrons. The normalized spacial score (nSPS) is 11.9. The van der Waals surface area contributed by atoms with Crippen LogP contribution in [0.25, 0.3) is 0 Å². The van der Waals surface area contributed by atoms with Crippen LogP contribution in [0.1, 0.15) is 24.5 Å². The number of ether oxygens (including phenoxy) is 1. The summed E-state index contributed by atoms with van der Waals surface area (Å²) in [6, 6.07) is 3.89. The summed E-state index contributed by atoms with van der Waals surface area (Å²) in [5.41, 5.74) is 2.27. The number of methoxy groups -OCH3 is 1. The number of hydrogen-bond acceptors (Lipinski definition) is 4. The fraction of sp³-hybridized carbons (Fsp3) is 0.467. The van der Waals surface area contributed by atoms with Crippen LogP contribution in [0.4, 0.5) is 0 Å². The van der Waals surface area contributed by atoms with E-state index in [9.17, 15) is 9.59 Å². The molecule has 0 aliphatic heterocycles. The van der Waals surface area contributed by atoms with Gasteiger partial charge in [0, 0.05) is 15.4 Å². The molecule has 0 saturated carbocycles. The molecule has 1 atom stereocenters. The summed E-state index contributed by atoms with van der Waals surface area (Å²) in [5, 5.41) is 2.79. The van der Waals surface area contributed by atoms with Crippen molar-refractivity contribution in [2.45, 2.75) is 38.1 Å². The number of amides is 1. The summed E-state index contributed by atoms with van der Waals surface area (Å²) >= 11 is 4.99. The van der Waals surface area contributed by atoms with Crippen molar-refractivity contribution in [1.82, 2.24) is 5.32 Å². The molecule has 1 aromatic carbocycles. The second kappa shape index (κ2) is 8.44. The zero-order chi connectivity index (χ0) is 16.0. The van der Waals surface area contributed by atoms with Crippen LogP contribution in [0.5, 0.6) is 0 Å². The van der Waals surface area contributed by atoms with E-state index < -0.39 is 0 Å². The van der Waals surface area contributed by atoms with Crippen LogP contribution in [0.15, 0.2) is 21.5 Å². The molecule has 1 rings (SSSR count). The van der Waals surface area contributed by atoms with Crippen LogP contribution in [-0.2, 0) is 14.3 Å². The Bertz CT molecular complexity index is 534. The van der Waals surface area contributed by atoms with E-state index in [1.165, 1.54) is 18.9 Å². The standard InChI is InChI=1S/C15H20BrNO3S/c1-9-6-13(10(2)5-12(9)16)21-8-14(18)17-11(3)7-15(19)20-4/h5-6,11H,7-8H2,1-4H3,(H,17,18). The summed E-state index contributed by atoms with van der Waals surface area (Å²) in [6.07, 6.45) is 0.184. The molecule has 1 unspecified atom stereocenters. The molecule has 0 radical (unpaired) electrons. The maximum atomic E-state index is 11.9. The second-order valence-corrected chi connectivity index (χ2v) is 6.78. The number of nitrogens with one attached hydrogen (secondary N) is 1. The summed E-state index contributed by atoms with van der Waals surface area (Å²) in [5.74, 6) is -0.0841. The lowest BCUT2D eigenvalue weighted by atomic mass is 10.2. The van der Waals surface area contributed by atoms with Gasteiger partial charge in [0.05, 0.1) is 19.3 Å². The molecule has 0 aromatic heterocycles. The smallest absolute Gasteiger partial charge is 0.307 e. The maximum absolute atomic E-state index is 11.9. The summed E-state index contributed by atoms with van der Waals surface area (Å²) in [6.45, 7) is 5.82. The topological polar surface area (TPSA) is 55.4 Å². The van der Waals surface area contributed by atoms with E-state index in [-0.39, 0.29) is 24.3 Å². The first-order valence-corrected chi connectivity index (χ1v) is 8.37. The van der Waals surface area contributed by atoms with Crippen LogP contribution >= 0.6 is 27.7 Å². The van der Waals surface area contributed by atoms with Gasteiger partial charge < -0.3 is 10.1 Å². The highest BCUT2D eigenvalue weighted by Crippen LogP contribution is 2.28. The fourth-order valence-corrected chi connectivity index (χ4v) is 3.13. The van der Waals surface area contributed by atoms with Crippen LogP contribution in [0, 0.1) is 13.8 Å².